The number of hydrogen-bond acceptors (Lipinski definition) is 0. The molecule has 0 unspecified atom stereocenters. The largest absolute Gasteiger partial charge is 0.0851 e. The summed E-state index contributed by atoms with van der Waals surface area (Å²) in [6, 6.07) is 0. The molecule has 3 rings (SSSR count). The van der Waals surface area contributed by atoms with Crippen LogP contribution in [0.4, 0.5) is 0 Å². The zero-order chi connectivity index (χ0) is 19.6. The molecule has 160 valence electrons. The molecule has 3 saturated carbocycles. The lowest BCUT2D eigenvalue weighted by Gasteiger charge is -2.29. The summed E-state index contributed by atoms with van der Waals surface area (Å²) in [6.45, 7) is 4.69. The summed E-state index contributed by atoms with van der Waals surface area (Å²) in [5, 5.41) is 0. The van der Waals surface area contributed by atoms with Crippen LogP contribution in [0.3, 0.4) is 0 Å². The molecule has 0 atom stereocenters. The van der Waals surface area contributed by atoms with Crippen molar-refractivity contribution in [1.29, 1.82) is 0 Å². The van der Waals surface area contributed by atoms with Gasteiger partial charge in [0.25, 0.3) is 0 Å². The molecule has 0 nitrogen and oxygen atoms in total. The maximum absolute atomic E-state index is 2.62. The van der Waals surface area contributed by atoms with Gasteiger partial charge < -0.3 is 0 Å². The van der Waals surface area contributed by atoms with Crippen molar-refractivity contribution in [2.24, 2.45) is 35.5 Å². The van der Waals surface area contributed by atoms with Crippen LogP contribution in [0.2, 0.25) is 0 Å². The highest BCUT2D eigenvalue weighted by Crippen LogP contribution is 2.36. The Morgan fingerprint density at radius 3 is 0.929 bits per heavy atom. The average molecular weight is 385 g/mol. The van der Waals surface area contributed by atoms with Crippen molar-refractivity contribution in [2.75, 3.05) is 0 Å². The van der Waals surface area contributed by atoms with Crippen LogP contribution in [0, 0.1) is 35.5 Å². The smallest absolute Gasteiger partial charge is 0.0233 e. The maximum atomic E-state index is 2.62. The van der Waals surface area contributed by atoms with E-state index in [-0.39, 0.29) is 0 Å². The van der Waals surface area contributed by atoms with Crippen molar-refractivity contribution in [2.45, 2.75) is 117 Å². The van der Waals surface area contributed by atoms with Crippen molar-refractivity contribution < 1.29 is 0 Å². The first-order valence-electron chi connectivity index (χ1n) is 13.1. The highest BCUT2D eigenvalue weighted by atomic mass is 14.3. The summed E-state index contributed by atoms with van der Waals surface area (Å²) in [4.78, 5) is 0. The van der Waals surface area contributed by atoms with Gasteiger partial charge in [-0.25, -0.2) is 0 Å². The van der Waals surface area contributed by atoms with Crippen LogP contribution in [0.15, 0.2) is 24.3 Å². The molecule has 0 aromatic heterocycles. The predicted octanol–water partition coefficient (Wildman–Crippen LogP) is 9.12. The van der Waals surface area contributed by atoms with Gasteiger partial charge in [-0.15, -0.1) is 0 Å². The SMILES string of the molecule is CCC[C@H]1CC[C@H](C=C[C@H]2CC[C@H](C=C[C@H]3CC[C@H](CCC)CC3)CC2)CC1. The Labute approximate surface area is 176 Å². The van der Waals surface area contributed by atoms with Crippen LogP contribution < -0.4 is 0 Å². The second-order valence-electron chi connectivity index (χ2n) is 10.6. The molecular weight excluding hydrogens is 336 g/mol. The van der Waals surface area contributed by atoms with E-state index in [9.17, 15) is 0 Å². The second-order valence-corrected chi connectivity index (χ2v) is 10.6. The highest BCUT2D eigenvalue weighted by Gasteiger charge is 2.22. The standard InChI is InChI=1S/C28H48/c1-3-5-23-7-11-25(12-8-23)15-17-27-19-21-28(22-20-27)18-16-26-13-9-24(6-4-2)10-14-26/h15-18,23-28H,3-14,19-22H2,1-2H3/t23-,24-,25-,26-,27-,28-. The number of hydrogen-bond donors (Lipinski definition) is 0. The van der Waals surface area contributed by atoms with Crippen LogP contribution in [0.1, 0.15) is 117 Å². The first kappa shape index (κ1) is 22.2. The minimum atomic E-state index is 0.877. The molecule has 0 radical (unpaired) electrons. The molecule has 3 aliphatic carbocycles. The first-order chi connectivity index (χ1) is 13.8. The van der Waals surface area contributed by atoms with Gasteiger partial charge in [0.15, 0.2) is 0 Å². The van der Waals surface area contributed by atoms with Crippen LogP contribution in [0.25, 0.3) is 0 Å². The molecule has 0 heterocycles. The fourth-order valence-corrected chi connectivity index (χ4v) is 6.31. The molecule has 3 fully saturated rings. The molecule has 0 heteroatoms. The third-order valence-corrected chi connectivity index (χ3v) is 8.30. The van der Waals surface area contributed by atoms with Crippen LogP contribution in [0.5, 0.6) is 0 Å². The Morgan fingerprint density at radius 2 is 0.679 bits per heavy atom. The Bertz CT molecular complexity index is 404. The normalized spacial score (nSPS) is 37.6. The molecule has 28 heavy (non-hydrogen) atoms. The highest BCUT2D eigenvalue weighted by molar-refractivity contribution is 5.00. The molecule has 0 aliphatic heterocycles. The van der Waals surface area contributed by atoms with Crippen LogP contribution in [-0.2, 0) is 0 Å². The van der Waals surface area contributed by atoms with Gasteiger partial charge in [-0.2, -0.15) is 0 Å². The zero-order valence-corrected chi connectivity index (χ0v) is 19.1. The lowest BCUT2D eigenvalue weighted by molar-refractivity contribution is 0.290. The molecule has 0 aromatic rings. The first-order valence-corrected chi connectivity index (χ1v) is 13.1. The Morgan fingerprint density at radius 1 is 0.429 bits per heavy atom. The Balaban J connectivity index is 1.30. The van der Waals surface area contributed by atoms with E-state index >= 15 is 0 Å². The van der Waals surface area contributed by atoms with E-state index < -0.39 is 0 Å². The fourth-order valence-electron chi connectivity index (χ4n) is 6.31. The molecule has 3 aliphatic rings. The molecule has 0 N–H and O–H groups in total. The van der Waals surface area contributed by atoms with Crippen molar-refractivity contribution in [1.82, 2.24) is 0 Å². The Kier molecular flexibility index (Phi) is 9.69. The van der Waals surface area contributed by atoms with E-state index in [1.54, 1.807) is 0 Å². The molecule has 0 saturated heterocycles. The predicted molar refractivity (Wildman–Crippen MR) is 124 cm³/mol. The van der Waals surface area contributed by atoms with Crippen LogP contribution in [-0.4, -0.2) is 0 Å². The van der Waals surface area contributed by atoms with Crippen molar-refractivity contribution in [3.63, 3.8) is 0 Å². The molecule has 0 bridgehead atoms. The third kappa shape index (κ3) is 7.38. The quantitative estimate of drug-likeness (QED) is 0.366. The summed E-state index contributed by atoms with van der Waals surface area (Å²) in [5.41, 5.74) is 0. The molecule has 0 spiro atoms. The van der Waals surface area contributed by atoms with Crippen LogP contribution >= 0.6 is 0 Å². The van der Waals surface area contributed by atoms with E-state index in [0.29, 0.717) is 0 Å². The van der Waals surface area contributed by atoms with Gasteiger partial charge in [0, 0.05) is 0 Å². The van der Waals surface area contributed by atoms with Crippen molar-refractivity contribution in [3.05, 3.63) is 24.3 Å². The topological polar surface area (TPSA) is 0 Å². The summed E-state index contributed by atoms with van der Waals surface area (Å²) >= 11 is 0. The Hall–Kier alpha value is -0.520. The minimum absolute atomic E-state index is 0.877. The maximum Gasteiger partial charge on any atom is -0.0233 e. The van der Waals surface area contributed by atoms with E-state index in [4.69, 9.17) is 0 Å². The summed E-state index contributed by atoms with van der Waals surface area (Å²) < 4.78 is 0. The van der Waals surface area contributed by atoms with E-state index in [2.05, 4.69) is 38.2 Å². The van der Waals surface area contributed by atoms with Gasteiger partial charge in [-0.1, -0.05) is 63.8 Å². The van der Waals surface area contributed by atoms with Crippen molar-refractivity contribution >= 4 is 0 Å². The van der Waals surface area contributed by atoms with E-state index in [1.807, 2.05) is 0 Å². The number of rotatable bonds is 8. The van der Waals surface area contributed by atoms with Gasteiger partial charge in [0.05, 0.1) is 0 Å². The lowest BCUT2D eigenvalue weighted by Crippen LogP contribution is -2.15. The minimum Gasteiger partial charge on any atom is -0.0851 e. The monoisotopic (exact) mass is 384 g/mol. The lowest BCUT2D eigenvalue weighted by atomic mass is 9.77. The fraction of sp³-hybridized carbons (Fsp3) is 0.857. The van der Waals surface area contributed by atoms with Gasteiger partial charge in [0.1, 0.15) is 0 Å². The van der Waals surface area contributed by atoms with Gasteiger partial charge >= 0.3 is 0 Å². The van der Waals surface area contributed by atoms with Gasteiger partial charge in [-0.05, 0) is 113 Å². The number of allylic oxidation sites excluding steroid dienone is 4. The zero-order valence-electron chi connectivity index (χ0n) is 19.1. The molecule has 0 amide bonds. The summed E-state index contributed by atoms with van der Waals surface area (Å²) in [5.74, 6) is 5.63. The van der Waals surface area contributed by atoms with Gasteiger partial charge in [-0.3, -0.25) is 0 Å². The second kappa shape index (κ2) is 12.2. The van der Waals surface area contributed by atoms with E-state index in [1.165, 1.54) is 103 Å². The average Bonchev–Trinajstić information content (AvgIpc) is 2.74. The van der Waals surface area contributed by atoms with Crippen molar-refractivity contribution in [3.8, 4) is 0 Å². The van der Waals surface area contributed by atoms with E-state index in [0.717, 1.165) is 35.5 Å². The molecule has 0 aromatic carbocycles. The van der Waals surface area contributed by atoms with Gasteiger partial charge in [0.2, 0.25) is 0 Å². The molecular formula is C28H48. The summed E-state index contributed by atoms with van der Waals surface area (Å²) in [7, 11) is 0. The third-order valence-electron chi connectivity index (χ3n) is 8.30. The summed E-state index contributed by atoms with van der Waals surface area (Å²) in [6.07, 6.45) is 33.7.